The van der Waals surface area contributed by atoms with Crippen LogP contribution in [0.1, 0.15) is 22.3 Å². The molecule has 4 N–H and O–H groups in total. The van der Waals surface area contributed by atoms with Crippen LogP contribution in [-0.2, 0) is 30.5 Å². The average Bonchev–Trinajstić information content (AvgIpc) is 3.11. The predicted octanol–water partition coefficient (Wildman–Crippen LogP) is 5.29. The zero-order valence-electron chi connectivity index (χ0n) is 27.7. The molecule has 0 atom stereocenters. The standard InChI is InChI=1S/C28H31ClN2O3S.2C4H4O4/c1-33-28(32)23-5-11-26(12-6-23)35-27-13-9-25(10-14-27)34-20-2-15-30-16-18-31(19-17-30)21-22-3-7-24(29)8-4-22;2*5-3(6)1-2-4(7)8/h3-14H,2,15-21H2,1H3;2*1-2H,(H,5,6)(H,7,8)/b;2*2-1-. The number of benzene rings is 3. The number of methoxy groups -OCH3 is 1. The molecule has 3 aromatic carbocycles. The Morgan fingerprint density at radius 1 is 0.686 bits per heavy atom. The van der Waals surface area contributed by atoms with E-state index in [9.17, 15) is 24.0 Å². The number of piperazine rings is 1. The lowest BCUT2D eigenvalue weighted by Crippen LogP contribution is -2.46. The van der Waals surface area contributed by atoms with E-state index in [2.05, 4.69) is 34.1 Å². The van der Waals surface area contributed by atoms with Crippen LogP contribution in [0.15, 0.2) is 107 Å². The van der Waals surface area contributed by atoms with E-state index in [1.54, 1.807) is 23.9 Å². The number of hydrogen-bond donors (Lipinski definition) is 4. The first-order valence-corrected chi connectivity index (χ1v) is 16.6. The summed E-state index contributed by atoms with van der Waals surface area (Å²) in [7, 11) is 1.39. The van der Waals surface area contributed by atoms with Gasteiger partial charge in [0.1, 0.15) is 5.75 Å². The number of carbonyl (C=O) groups excluding carboxylic acids is 1. The number of carboxylic acid groups (broad SMARTS) is 4. The highest BCUT2D eigenvalue weighted by Gasteiger charge is 2.16. The first-order chi connectivity index (χ1) is 24.3. The molecule has 3 aromatic rings. The quantitative estimate of drug-likeness (QED) is 0.0947. The minimum absolute atomic E-state index is 0.320. The van der Waals surface area contributed by atoms with E-state index >= 15 is 0 Å². The van der Waals surface area contributed by atoms with Gasteiger partial charge in [-0.3, -0.25) is 4.90 Å². The summed E-state index contributed by atoms with van der Waals surface area (Å²) in [6, 6.07) is 23.7. The summed E-state index contributed by atoms with van der Waals surface area (Å²) < 4.78 is 10.7. The molecule has 0 aromatic heterocycles. The fraction of sp³-hybridized carbons (Fsp3) is 0.250. The van der Waals surface area contributed by atoms with Gasteiger partial charge in [-0.05, 0) is 72.6 Å². The van der Waals surface area contributed by atoms with Crippen molar-refractivity contribution in [3.63, 3.8) is 0 Å². The van der Waals surface area contributed by atoms with Crippen molar-refractivity contribution in [1.29, 1.82) is 0 Å². The summed E-state index contributed by atoms with van der Waals surface area (Å²) >= 11 is 7.63. The van der Waals surface area contributed by atoms with Crippen LogP contribution in [0.3, 0.4) is 0 Å². The summed E-state index contributed by atoms with van der Waals surface area (Å²) in [4.78, 5) is 57.0. The van der Waals surface area contributed by atoms with Crippen molar-refractivity contribution in [3.05, 3.63) is 113 Å². The summed E-state index contributed by atoms with van der Waals surface area (Å²) in [5.74, 6) is -4.46. The number of ether oxygens (including phenoxy) is 2. The number of esters is 1. The van der Waals surface area contributed by atoms with Crippen molar-refractivity contribution in [2.75, 3.05) is 46.4 Å². The Bertz CT molecular complexity index is 1560. The fourth-order valence-corrected chi connectivity index (χ4v) is 5.24. The average molecular weight is 743 g/mol. The molecular weight excluding hydrogens is 704 g/mol. The molecule has 0 aliphatic carbocycles. The van der Waals surface area contributed by atoms with Crippen LogP contribution in [0.4, 0.5) is 0 Å². The second-order valence-corrected chi connectivity index (χ2v) is 12.1. The van der Waals surface area contributed by atoms with Crippen molar-refractivity contribution in [2.24, 2.45) is 0 Å². The molecule has 1 heterocycles. The number of hydrogen-bond acceptors (Lipinski definition) is 10. The lowest BCUT2D eigenvalue weighted by Gasteiger charge is -2.34. The van der Waals surface area contributed by atoms with E-state index in [4.69, 9.17) is 41.5 Å². The van der Waals surface area contributed by atoms with Gasteiger partial charge in [0.05, 0.1) is 19.3 Å². The number of nitrogens with zero attached hydrogens (tertiary/aromatic N) is 2. The summed E-state index contributed by atoms with van der Waals surface area (Å²) in [6.07, 6.45) is 3.25. The molecule has 0 unspecified atom stereocenters. The normalized spacial score (nSPS) is 13.0. The van der Waals surface area contributed by atoms with E-state index in [0.29, 0.717) is 36.5 Å². The van der Waals surface area contributed by atoms with Crippen LogP contribution < -0.4 is 4.74 Å². The second kappa shape index (κ2) is 23.3. The molecule has 0 amide bonds. The number of carbonyl (C=O) groups is 5. The molecule has 1 aliphatic rings. The first-order valence-electron chi connectivity index (χ1n) is 15.4. The van der Waals surface area contributed by atoms with Crippen LogP contribution in [0.5, 0.6) is 5.75 Å². The summed E-state index contributed by atoms with van der Waals surface area (Å²) in [6.45, 7) is 7.14. The minimum Gasteiger partial charge on any atom is -0.494 e. The molecule has 15 heteroatoms. The van der Waals surface area contributed by atoms with Gasteiger partial charge in [0.15, 0.2) is 0 Å². The van der Waals surface area contributed by atoms with Gasteiger partial charge in [-0.2, -0.15) is 0 Å². The Hall–Kier alpha value is -5.15. The predicted molar refractivity (Wildman–Crippen MR) is 190 cm³/mol. The lowest BCUT2D eigenvalue weighted by atomic mass is 10.2. The van der Waals surface area contributed by atoms with E-state index in [1.165, 1.54) is 12.7 Å². The number of aliphatic carboxylic acids is 4. The summed E-state index contributed by atoms with van der Waals surface area (Å²) in [5, 5.41) is 32.0. The number of rotatable bonds is 14. The molecule has 0 spiro atoms. The number of carboxylic acids is 4. The van der Waals surface area contributed by atoms with Crippen molar-refractivity contribution < 1.29 is 53.9 Å². The zero-order valence-corrected chi connectivity index (χ0v) is 29.3. The van der Waals surface area contributed by atoms with Crippen LogP contribution in [0, 0.1) is 0 Å². The lowest BCUT2D eigenvalue weighted by molar-refractivity contribution is -0.134. The Morgan fingerprint density at radius 2 is 1.14 bits per heavy atom. The van der Waals surface area contributed by atoms with Crippen LogP contribution in [0.25, 0.3) is 0 Å². The fourth-order valence-electron chi connectivity index (χ4n) is 4.30. The van der Waals surface area contributed by atoms with Crippen molar-refractivity contribution in [2.45, 2.75) is 22.8 Å². The van der Waals surface area contributed by atoms with E-state index < -0.39 is 23.9 Å². The monoisotopic (exact) mass is 742 g/mol. The first kappa shape index (κ1) is 42.0. The van der Waals surface area contributed by atoms with Gasteiger partial charge in [0, 0.05) is 78.4 Å². The third-order valence-corrected chi connectivity index (χ3v) is 8.01. The molecule has 0 saturated carbocycles. The smallest absolute Gasteiger partial charge is 0.337 e. The molecule has 1 fully saturated rings. The summed E-state index contributed by atoms with van der Waals surface area (Å²) in [5.41, 5.74) is 1.87. The highest BCUT2D eigenvalue weighted by molar-refractivity contribution is 7.99. The molecule has 0 radical (unpaired) electrons. The van der Waals surface area contributed by atoms with Gasteiger partial charge in [-0.25, -0.2) is 24.0 Å². The second-order valence-electron chi connectivity index (χ2n) is 10.6. The highest BCUT2D eigenvalue weighted by Crippen LogP contribution is 2.29. The zero-order chi connectivity index (χ0) is 37.6. The Morgan fingerprint density at radius 3 is 1.59 bits per heavy atom. The van der Waals surface area contributed by atoms with E-state index in [1.807, 2.05) is 36.4 Å². The van der Waals surface area contributed by atoms with E-state index in [0.717, 1.165) is 66.3 Å². The minimum atomic E-state index is -1.26. The molecule has 0 bridgehead atoms. The van der Waals surface area contributed by atoms with Crippen LogP contribution in [0.2, 0.25) is 5.02 Å². The van der Waals surface area contributed by atoms with Crippen molar-refractivity contribution >= 4 is 53.2 Å². The Kier molecular flexibility index (Phi) is 19.2. The van der Waals surface area contributed by atoms with Gasteiger partial charge >= 0.3 is 29.8 Å². The Labute approximate surface area is 304 Å². The SMILES string of the molecule is COC(=O)c1ccc(Sc2ccc(OCCCN3CCN(Cc4ccc(Cl)cc4)CC3)cc2)cc1.O=C(O)/C=C\C(=O)O.O=C(O)/C=C\C(=O)O. The topological polar surface area (TPSA) is 191 Å². The maximum atomic E-state index is 11.6. The van der Waals surface area contributed by atoms with Crippen LogP contribution >= 0.6 is 23.4 Å². The molecule has 272 valence electrons. The molecule has 4 rings (SSSR count). The van der Waals surface area contributed by atoms with Gasteiger partial charge in [0.25, 0.3) is 0 Å². The molecule has 1 saturated heterocycles. The van der Waals surface area contributed by atoms with Crippen molar-refractivity contribution in [1.82, 2.24) is 9.80 Å². The Balaban J connectivity index is 0.000000468. The maximum Gasteiger partial charge on any atom is 0.337 e. The highest BCUT2D eigenvalue weighted by atomic mass is 35.5. The third-order valence-electron chi connectivity index (χ3n) is 6.74. The van der Waals surface area contributed by atoms with E-state index in [-0.39, 0.29) is 5.97 Å². The van der Waals surface area contributed by atoms with Gasteiger partial charge < -0.3 is 34.8 Å². The van der Waals surface area contributed by atoms with Gasteiger partial charge in [-0.15, -0.1) is 0 Å². The maximum absolute atomic E-state index is 11.6. The largest absolute Gasteiger partial charge is 0.494 e. The molecule has 1 aliphatic heterocycles. The third kappa shape index (κ3) is 19.0. The van der Waals surface area contributed by atoms with Crippen LogP contribution in [-0.4, -0.2) is 107 Å². The molecule has 13 nitrogen and oxygen atoms in total. The molecular formula is C36H39ClN2O11S. The van der Waals surface area contributed by atoms with Gasteiger partial charge in [-0.1, -0.05) is 35.5 Å². The molecule has 51 heavy (non-hydrogen) atoms. The number of halogens is 1. The van der Waals surface area contributed by atoms with Crippen molar-refractivity contribution in [3.8, 4) is 5.75 Å². The van der Waals surface area contributed by atoms with Gasteiger partial charge in [0.2, 0.25) is 0 Å².